The zero-order chi connectivity index (χ0) is 14.0. The molecular formula is C14H18N2O2S. The van der Waals surface area contributed by atoms with E-state index >= 15 is 0 Å². The van der Waals surface area contributed by atoms with Gasteiger partial charge in [-0.2, -0.15) is 0 Å². The Morgan fingerprint density at radius 2 is 2.05 bits per heavy atom. The first-order valence-electron chi connectivity index (χ1n) is 6.13. The van der Waals surface area contributed by atoms with Crippen molar-refractivity contribution in [3.05, 3.63) is 24.3 Å². The predicted octanol–water partition coefficient (Wildman–Crippen LogP) is 3.01. The summed E-state index contributed by atoms with van der Waals surface area (Å²) in [5.41, 5.74) is 1.56. The number of nitrogens with zero attached hydrogens (tertiary/aromatic N) is 2. The van der Waals surface area contributed by atoms with Crippen LogP contribution in [0.5, 0.6) is 0 Å². The Bertz CT molecular complexity index is 599. The molecule has 0 radical (unpaired) electrons. The SMILES string of the molecule is Cn1c(SCC(=O)OC(C)(C)C)nc2ccccc21. The lowest BCUT2D eigenvalue weighted by molar-refractivity contribution is -0.151. The summed E-state index contributed by atoms with van der Waals surface area (Å²) in [5, 5.41) is 0.826. The number of imidazole rings is 1. The smallest absolute Gasteiger partial charge is 0.316 e. The van der Waals surface area contributed by atoms with E-state index in [1.165, 1.54) is 11.8 Å². The molecule has 0 aliphatic heterocycles. The van der Waals surface area contributed by atoms with Crippen molar-refractivity contribution in [2.75, 3.05) is 5.75 Å². The molecule has 102 valence electrons. The Kier molecular flexibility index (Phi) is 3.85. The molecule has 0 N–H and O–H groups in total. The van der Waals surface area contributed by atoms with Crippen LogP contribution < -0.4 is 0 Å². The summed E-state index contributed by atoms with van der Waals surface area (Å²) < 4.78 is 7.27. The Balaban J connectivity index is 2.06. The molecule has 0 bridgehead atoms. The number of thioether (sulfide) groups is 1. The third kappa shape index (κ3) is 3.50. The van der Waals surface area contributed by atoms with Crippen LogP contribution in [0.2, 0.25) is 0 Å². The second-order valence-electron chi connectivity index (χ2n) is 5.32. The number of carbonyl (C=O) groups excluding carboxylic acids is 1. The number of carbonyl (C=O) groups is 1. The van der Waals surface area contributed by atoms with Crippen LogP contribution in [-0.4, -0.2) is 26.9 Å². The number of para-hydroxylation sites is 2. The van der Waals surface area contributed by atoms with Gasteiger partial charge in [0.25, 0.3) is 0 Å². The molecule has 1 aromatic heterocycles. The first kappa shape index (κ1) is 13.9. The highest BCUT2D eigenvalue weighted by molar-refractivity contribution is 7.99. The molecule has 19 heavy (non-hydrogen) atoms. The second-order valence-corrected chi connectivity index (χ2v) is 6.26. The van der Waals surface area contributed by atoms with Gasteiger partial charge >= 0.3 is 5.97 Å². The van der Waals surface area contributed by atoms with Crippen LogP contribution >= 0.6 is 11.8 Å². The fourth-order valence-electron chi connectivity index (χ4n) is 1.75. The van der Waals surface area contributed by atoms with Gasteiger partial charge in [0.05, 0.1) is 16.8 Å². The van der Waals surface area contributed by atoms with Crippen LogP contribution in [-0.2, 0) is 16.6 Å². The first-order chi connectivity index (χ1) is 8.87. The number of esters is 1. The number of rotatable bonds is 3. The number of hydrogen-bond donors (Lipinski definition) is 0. The van der Waals surface area contributed by atoms with E-state index in [0.717, 1.165) is 16.2 Å². The van der Waals surface area contributed by atoms with Crippen LogP contribution in [0.4, 0.5) is 0 Å². The van der Waals surface area contributed by atoms with E-state index < -0.39 is 5.60 Å². The number of aryl methyl sites for hydroxylation is 1. The van der Waals surface area contributed by atoms with Crippen LogP contribution in [0.25, 0.3) is 11.0 Å². The molecule has 1 aromatic carbocycles. The van der Waals surface area contributed by atoms with Gasteiger partial charge in [0, 0.05) is 7.05 Å². The highest BCUT2D eigenvalue weighted by atomic mass is 32.2. The van der Waals surface area contributed by atoms with Crippen molar-refractivity contribution in [3.8, 4) is 0 Å². The number of hydrogen-bond acceptors (Lipinski definition) is 4. The topological polar surface area (TPSA) is 44.1 Å². The predicted molar refractivity (Wildman–Crippen MR) is 77.3 cm³/mol. The summed E-state index contributed by atoms with van der Waals surface area (Å²) in [6.07, 6.45) is 0. The van der Waals surface area contributed by atoms with E-state index in [1.807, 2.05) is 56.7 Å². The molecule has 4 nitrogen and oxygen atoms in total. The van der Waals surface area contributed by atoms with Crippen molar-refractivity contribution in [1.29, 1.82) is 0 Å². The number of fused-ring (bicyclic) bond motifs is 1. The van der Waals surface area contributed by atoms with Crippen molar-refractivity contribution >= 4 is 28.8 Å². The maximum atomic E-state index is 11.7. The Morgan fingerprint density at radius 3 is 2.68 bits per heavy atom. The van der Waals surface area contributed by atoms with Gasteiger partial charge in [-0.1, -0.05) is 23.9 Å². The average molecular weight is 278 g/mol. The molecule has 0 saturated carbocycles. The normalized spacial score (nSPS) is 11.8. The van der Waals surface area contributed by atoms with E-state index in [1.54, 1.807) is 0 Å². The molecule has 0 amide bonds. The minimum atomic E-state index is -0.440. The number of aromatic nitrogens is 2. The minimum absolute atomic E-state index is 0.218. The highest BCUT2D eigenvalue weighted by Gasteiger charge is 2.17. The van der Waals surface area contributed by atoms with Crippen LogP contribution in [0.3, 0.4) is 0 Å². The third-order valence-electron chi connectivity index (χ3n) is 2.49. The largest absolute Gasteiger partial charge is 0.459 e. The van der Waals surface area contributed by atoms with E-state index in [9.17, 15) is 4.79 Å². The summed E-state index contributed by atoms with van der Waals surface area (Å²) in [7, 11) is 1.95. The van der Waals surface area contributed by atoms with Crippen molar-refractivity contribution in [1.82, 2.24) is 9.55 Å². The fraction of sp³-hybridized carbons (Fsp3) is 0.429. The molecule has 2 rings (SSSR count). The molecule has 0 saturated heterocycles. The molecule has 0 aliphatic carbocycles. The van der Waals surface area contributed by atoms with Crippen LogP contribution in [0.15, 0.2) is 29.4 Å². The van der Waals surface area contributed by atoms with Crippen molar-refractivity contribution in [2.45, 2.75) is 31.5 Å². The van der Waals surface area contributed by atoms with Crippen LogP contribution in [0, 0.1) is 0 Å². The summed E-state index contributed by atoms with van der Waals surface area (Å²) >= 11 is 1.40. The van der Waals surface area contributed by atoms with Gasteiger partial charge < -0.3 is 9.30 Å². The lowest BCUT2D eigenvalue weighted by Gasteiger charge is -2.19. The van der Waals surface area contributed by atoms with Crippen LogP contribution in [0.1, 0.15) is 20.8 Å². The molecule has 0 atom stereocenters. The maximum Gasteiger partial charge on any atom is 0.316 e. The van der Waals surface area contributed by atoms with Crippen molar-refractivity contribution in [3.63, 3.8) is 0 Å². The zero-order valence-electron chi connectivity index (χ0n) is 11.6. The lowest BCUT2D eigenvalue weighted by atomic mass is 10.2. The van der Waals surface area contributed by atoms with Gasteiger partial charge in [0.2, 0.25) is 0 Å². The van der Waals surface area contributed by atoms with Gasteiger partial charge in [0.1, 0.15) is 5.60 Å². The summed E-state index contributed by atoms with van der Waals surface area (Å²) in [5.74, 6) is 0.0543. The van der Waals surface area contributed by atoms with Crippen molar-refractivity contribution in [2.24, 2.45) is 7.05 Å². The van der Waals surface area contributed by atoms with Gasteiger partial charge in [-0.25, -0.2) is 4.98 Å². The standard InChI is InChI=1S/C14H18N2O2S/c1-14(2,3)18-12(17)9-19-13-15-10-7-5-6-8-11(10)16(13)4/h5-8H,9H2,1-4H3. The molecule has 0 spiro atoms. The molecule has 0 unspecified atom stereocenters. The molecule has 5 heteroatoms. The fourth-order valence-corrected chi connectivity index (χ4v) is 2.51. The highest BCUT2D eigenvalue weighted by Crippen LogP contribution is 2.23. The quantitative estimate of drug-likeness (QED) is 0.639. The zero-order valence-corrected chi connectivity index (χ0v) is 12.5. The lowest BCUT2D eigenvalue weighted by Crippen LogP contribution is -2.25. The molecule has 1 heterocycles. The van der Waals surface area contributed by atoms with Crippen molar-refractivity contribution < 1.29 is 9.53 Å². The summed E-state index contributed by atoms with van der Waals surface area (Å²) in [6, 6.07) is 7.91. The molecule has 0 fully saturated rings. The van der Waals surface area contributed by atoms with Gasteiger partial charge in [-0.3, -0.25) is 4.79 Å². The van der Waals surface area contributed by atoms with E-state index in [0.29, 0.717) is 0 Å². The maximum absolute atomic E-state index is 11.7. The monoisotopic (exact) mass is 278 g/mol. The van der Waals surface area contributed by atoms with E-state index in [2.05, 4.69) is 4.98 Å². The number of benzene rings is 1. The Hall–Kier alpha value is -1.49. The Morgan fingerprint density at radius 1 is 1.37 bits per heavy atom. The number of ether oxygens (including phenoxy) is 1. The molecular weight excluding hydrogens is 260 g/mol. The minimum Gasteiger partial charge on any atom is -0.459 e. The van der Waals surface area contributed by atoms with Gasteiger partial charge in [0.15, 0.2) is 5.16 Å². The first-order valence-corrected chi connectivity index (χ1v) is 7.11. The van der Waals surface area contributed by atoms with Gasteiger partial charge in [-0.05, 0) is 32.9 Å². The Labute approximate surface area is 117 Å². The second kappa shape index (κ2) is 5.25. The average Bonchev–Trinajstić information content (AvgIpc) is 2.62. The molecule has 2 aromatic rings. The van der Waals surface area contributed by atoms with E-state index in [4.69, 9.17) is 4.74 Å². The van der Waals surface area contributed by atoms with Gasteiger partial charge in [-0.15, -0.1) is 0 Å². The summed E-state index contributed by atoms with van der Waals surface area (Å²) in [6.45, 7) is 5.60. The summed E-state index contributed by atoms with van der Waals surface area (Å²) in [4.78, 5) is 16.2. The van der Waals surface area contributed by atoms with E-state index in [-0.39, 0.29) is 11.7 Å². The molecule has 0 aliphatic rings. The third-order valence-corrected chi connectivity index (χ3v) is 3.49.